The molecule has 7 nitrogen and oxygen atoms in total. The fourth-order valence-corrected chi connectivity index (χ4v) is 3.31. The van der Waals surface area contributed by atoms with Gasteiger partial charge in [-0.25, -0.2) is 9.78 Å². The first-order chi connectivity index (χ1) is 15.4. The molecule has 0 aliphatic carbocycles. The molecule has 1 N–H and O–H groups in total. The molecule has 0 saturated heterocycles. The number of carbonyl (C=O) groups is 2. The van der Waals surface area contributed by atoms with Gasteiger partial charge < -0.3 is 19.2 Å². The number of pyridine rings is 1. The van der Waals surface area contributed by atoms with Crippen LogP contribution in [0.1, 0.15) is 37.5 Å². The molecule has 2 aromatic carbocycles. The van der Waals surface area contributed by atoms with Gasteiger partial charge in [0.1, 0.15) is 18.0 Å². The second kappa shape index (κ2) is 8.93. The second-order valence-electron chi connectivity index (χ2n) is 7.50. The zero-order valence-corrected chi connectivity index (χ0v) is 18.1. The number of methoxy groups -OCH3 is 1. The summed E-state index contributed by atoms with van der Waals surface area (Å²) in [6.45, 7) is 4.16. The highest BCUT2D eigenvalue weighted by molar-refractivity contribution is 6.05. The Bertz CT molecular complexity index is 1310. The van der Waals surface area contributed by atoms with Crippen LogP contribution in [0.4, 0.5) is 5.69 Å². The molecule has 4 rings (SSSR count). The summed E-state index contributed by atoms with van der Waals surface area (Å²) in [5, 5.41) is 2.85. The van der Waals surface area contributed by atoms with Crippen LogP contribution in [0.15, 0.2) is 67.0 Å². The van der Waals surface area contributed by atoms with Gasteiger partial charge in [-0.1, -0.05) is 18.2 Å². The number of ether oxygens (including phenoxy) is 2. The summed E-state index contributed by atoms with van der Waals surface area (Å²) in [4.78, 5) is 29.1. The van der Waals surface area contributed by atoms with Crippen molar-refractivity contribution in [3.05, 3.63) is 94.9 Å². The molecule has 0 bridgehead atoms. The number of aromatic nitrogens is 2. The third kappa shape index (κ3) is 4.62. The van der Waals surface area contributed by atoms with E-state index in [1.165, 1.54) is 7.11 Å². The molecule has 0 unspecified atom stereocenters. The number of hydrogen-bond donors (Lipinski definition) is 1. The van der Waals surface area contributed by atoms with Crippen LogP contribution in [0, 0.1) is 13.8 Å². The van der Waals surface area contributed by atoms with Gasteiger partial charge in [-0.2, -0.15) is 0 Å². The first kappa shape index (κ1) is 21.1. The van der Waals surface area contributed by atoms with E-state index in [-0.39, 0.29) is 12.5 Å². The molecule has 7 heteroatoms. The molecular formula is C25H23N3O4. The van der Waals surface area contributed by atoms with E-state index in [0.29, 0.717) is 22.6 Å². The van der Waals surface area contributed by atoms with E-state index >= 15 is 0 Å². The Hall–Kier alpha value is -4.13. The maximum atomic E-state index is 12.8. The summed E-state index contributed by atoms with van der Waals surface area (Å²) in [5.74, 6) is -0.201. The number of anilines is 1. The van der Waals surface area contributed by atoms with Crippen LogP contribution in [-0.4, -0.2) is 28.4 Å². The molecule has 1 amide bonds. The number of nitrogens with zero attached hydrogens (tertiary/aromatic N) is 2. The summed E-state index contributed by atoms with van der Waals surface area (Å²) in [7, 11) is 1.32. The van der Waals surface area contributed by atoms with Gasteiger partial charge in [-0.05, 0) is 61.4 Å². The summed E-state index contributed by atoms with van der Waals surface area (Å²) in [6.07, 6.45) is 3.93. The number of carbonyl (C=O) groups excluding carboxylic acids is 2. The summed E-state index contributed by atoms with van der Waals surface area (Å²) in [6, 6.07) is 15.9. The van der Waals surface area contributed by atoms with E-state index in [0.717, 1.165) is 22.5 Å². The highest BCUT2D eigenvalue weighted by atomic mass is 16.5. The standard InChI is InChI=1S/C25H23N3O4/c1-16-7-10-23-26-20(14-28(23)13-16)15-32-21-6-4-5-18(11-21)24(29)27-22-12-19(25(30)31-3)9-8-17(22)2/h4-14H,15H2,1-3H3,(H,27,29). The van der Waals surface area contributed by atoms with Crippen molar-refractivity contribution in [1.29, 1.82) is 0 Å². The Labute approximate surface area is 185 Å². The maximum absolute atomic E-state index is 12.8. The molecule has 2 aromatic heterocycles. The molecular weight excluding hydrogens is 406 g/mol. The van der Waals surface area contributed by atoms with E-state index in [1.807, 2.05) is 42.8 Å². The fraction of sp³-hybridized carbons (Fsp3) is 0.160. The maximum Gasteiger partial charge on any atom is 0.337 e. The van der Waals surface area contributed by atoms with Gasteiger partial charge in [0.25, 0.3) is 5.91 Å². The molecule has 32 heavy (non-hydrogen) atoms. The zero-order valence-electron chi connectivity index (χ0n) is 18.1. The van der Waals surface area contributed by atoms with Crippen molar-refractivity contribution in [2.75, 3.05) is 12.4 Å². The van der Waals surface area contributed by atoms with Crippen LogP contribution in [-0.2, 0) is 11.3 Å². The predicted molar refractivity (Wildman–Crippen MR) is 121 cm³/mol. The van der Waals surface area contributed by atoms with Gasteiger partial charge in [-0.15, -0.1) is 0 Å². The lowest BCUT2D eigenvalue weighted by atomic mass is 10.1. The van der Waals surface area contributed by atoms with E-state index in [9.17, 15) is 9.59 Å². The van der Waals surface area contributed by atoms with Crippen LogP contribution in [0.2, 0.25) is 0 Å². The van der Waals surface area contributed by atoms with Gasteiger partial charge in [0.15, 0.2) is 0 Å². The topological polar surface area (TPSA) is 81.9 Å². The number of nitrogens with one attached hydrogen (secondary N) is 1. The van der Waals surface area contributed by atoms with Gasteiger partial charge in [0.05, 0.1) is 18.4 Å². The largest absolute Gasteiger partial charge is 0.487 e. The molecule has 0 radical (unpaired) electrons. The van der Waals surface area contributed by atoms with Gasteiger partial charge in [0, 0.05) is 23.6 Å². The molecule has 0 spiro atoms. The number of amides is 1. The highest BCUT2D eigenvalue weighted by Crippen LogP contribution is 2.21. The molecule has 0 saturated carbocycles. The number of hydrogen-bond acceptors (Lipinski definition) is 5. The molecule has 0 aliphatic rings. The molecule has 0 aliphatic heterocycles. The summed E-state index contributed by atoms with van der Waals surface area (Å²) < 4.78 is 12.6. The van der Waals surface area contributed by atoms with E-state index in [1.54, 1.807) is 42.5 Å². The lowest BCUT2D eigenvalue weighted by Crippen LogP contribution is -2.14. The molecule has 162 valence electrons. The van der Waals surface area contributed by atoms with E-state index < -0.39 is 5.97 Å². The van der Waals surface area contributed by atoms with Crippen molar-refractivity contribution in [2.24, 2.45) is 0 Å². The Kier molecular flexibility index (Phi) is 5.89. The van der Waals surface area contributed by atoms with E-state index in [2.05, 4.69) is 10.3 Å². The van der Waals surface area contributed by atoms with Crippen LogP contribution in [0.5, 0.6) is 5.75 Å². The third-order valence-corrected chi connectivity index (χ3v) is 5.04. The average Bonchev–Trinajstić information content (AvgIpc) is 3.20. The lowest BCUT2D eigenvalue weighted by molar-refractivity contribution is 0.0600. The van der Waals surface area contributed by atoms with Crippen molar-refractivity contribution in [1.82, 2.24) is 9.38 Å². The molecule has 0 atom stereocenters. The van der Waals surface area contributed by atoms with Gasteiger partial charge in [0.2, 0.25) is 0 Å². The smallest absolute Gasteiger partial charge is 0.337 e. The van der Waals surface area contributed by atoms with Crippen LogP contribution >= 0.6 is 0 Å². The second-order valence-corrected chi connectivity index (χ2v) is 7.50. The number of imidazole rings is 1. The van der Waals surface area contributed by atoms with Crippen molar-refractivity contribution < 1.29 is 19.1 Å². The normalized spacial score (nSPS) is 10.7. The van der Waals surface area contributed by atoms with Crippen molar-refractivity contribution >= 4 is 23.2 Å². The van der Waals surface area contributed by atoms with Gasteiger partial charge in [-0.3, -0.25) is 4.79 Å². The molecule has 2 heterocycles. The van der Waals surface area contributed by atoms with Crippen LogP contribution in [0.25, 0.3) is 5.65 Å². The summed E-state index contributed by atoms with van der Waals surface area (Å²) in [5.41, 5.74) is 4.98. The average molecular weight is 429 g/mol. The van der Waals surface area contributed by atoms with E-state index in [4.69, 9.17) is 9.47 Å². The number of fused-ring (bicyclic) bond motifs is 1. The monoisotopic (exact) mass is 429 g/mol. The first-order valence-corrected chi connectivity index (χ1v) is 10.1. The molecule has 0 fully saturated rings. The number of benzene rings is 2. The first-order valence-electron chi connectivity index (χ1n) is 10.1. The Morgan fingerprint density at radius 2 is 1.84 bits per heavy atom. The minimum Gasteiger partial charge on any atom is -0.487 e. The molecule has 4 aromatic rings. The quantitative estimate of drug-likeness (QED) is 0.454. The minimum absolute atomic E-state index is 0.284. The van der Waals surface area contributed by atoms with Crippen LogP contribution in [0.3, 0.4) is 0 Å². The van der Waals surface area contributed by atoms with Crippen molar-refractivity contribution in [3.63, 3.8) is 0 Å². The third-order valence-electron chi connectivity index (χ3n) is 5.04. The van der Waals surface area contributed by atoms with Gasteiger partial charge >= 0.3 is 5.97 Å². The predicted octanol–water partition coefficient (Wildman–Crippen LogP) is 4.57. The summed E-state index contributed by atoms with van der Waals surface area (Å²) >= 11 is 0. The van der Waals surface area contributed by atoms with Crippen molar-refractivity contribution in [3.8, 4) is 5.75 Å². The fourth-order valence-electron chi connectivity index (χ4n) is 3.31. The highest BCUT2D eigenvalue weighted by Gasteiger charge is 2.13. The Morgan fingerprint density at radius 1 is 1.00 bits per heavy atom. The van der Waals surface area contributed by atoms with Crippen molar-refractivity contribution in [2.45, 2.75) is 20.5 Å². The SMILES string of the molecule is COC(=O)c1ccc(C)c(NC(=O)c2cccc(OCc3cn4cc(C)ccc4n3)c2)c1. The lowest BCUT2D eigenvalue weighted by Gasteiger charge is -2.11. The van der Waals surface area contributed by atoms with Crippen LogP contribution < -0.4 is 10.1 Å². The number of esters is 1. The number of aryl methyl sites for hydroxylation is 2. The Balaban J connectivity index is 1.46. The number of rotatable bonds is 6. The Morgan fingerprint density at radius 3 is 2.66 bits per heavy atom. The minimum atomic E-state index is -0.460. The zero-order chi connectivity index (χ0) is 22.7.